The van der Waals surface area contributed by atoms with Crippen LogP contribution in [0.2, 0.25) is 0 Å². The third-order valence-electron chi connectivity index (χ3n) is 5.42. The zero-order valence-electron chi connectivity index (χ0n) is 17.1. The minimum atomic E-state index is -0.588. The fourth-order valence-corrected chi connectivity index (χ4v) is 3.94. The van der Waals surface area contributed by atoms with Crippen LogP contribution in [0.5, 0.6) is 0 Å². The molecule has 1 amide bonds. The largest absolute Gasteiger partial charge is 0.482 e. The van der Waals surface area contributed by atoms with Gasteiger partial charge in [0.25, 0.3) is 5.91 Å². The fraction of sp³-hybridized carbons (Fsp3) is 0.348. The second-order valence-electron chi connectivity index (χ2n) is 8.07. The van der Waals surface area contributed by atoms with Crippen LogP contribution in [0.3, 0.4) is 0 Å². The van der Waals surface area contributed by atoms with Gasteiger partial charge in [0.05, 0.1) is 12.2 Å². The van der Waals surface area contributed by atoms with E-state index < -0.39 is 5.60 Å². The lowest BCUT2D eigenvalue weighted by Gasteiger charge is -2.21. The number of likely N-dealkylation sites (N-methyl/N-ethyl adjacent to an activating group) is 1. The molecule has 0 fully saturated rings. The van der Waals surface area contributed by atoms with E-state index in [-0.39, 0.29) is 11.7 Å². The highest BCUT2D eigenvalue weighted by Crippen LogP contribution is 2.48. The summed E-state index contributed by atoms with van der Waals surface area (Å²) in [5, 5.41) is 2.80. The average molecular weight is 396 g/mol. The quantitative estimate of drug-likeness (QED) is 0.777. The predicted molar refractivity (Wildman–Crippen MR) is 111 cm³/mol. The standard InChI is InChI=1S/C23H25FN2O3/c1-23(2)18-11-14(13-26(3)9-10-28-4)5-7-16(18)21(29-23)20-17-12-15(24)6-8-19(17)25-22(20)27/h5-8,11-12H,9-10,13H2,1-4H3,(H,25,27)/b21-20+. The van der Waals surface area contributed by atoms with Gasteiger partial charge in [-0.2, -0.15) is 0 Å². The molecule has 152 valence electrons. The highest BCUT2D eigenvalue weighted by molar-refractivity contribution is 6.36. The van der Waals surface area contributed by atoms with Crippen molar-refractivity contribution < 1.29 is 18.7 Å². The zero-order valence-corrected chi connectivity index (χ0v) is 17.1. The third kappa shape index (κ3) is 3.54. The van der Waals surface area contributed by atoms with Gasteiger partial charge in [-0.05, 0) is 50.7 Å². The number of halogens is 1. The molecule has 0 aliphatic carbocycles. The van der Waals surface area contributed by atoms with Crippen molar-refractivity contribution in [1.29, 1.82) is 0 Å². The van der Waals surface area contributed by atoms with E-state index in [0.29, 0.717) is 29.2 Å². The Labute approximate surface area is 170 Å². The number of hydrogen-bond acceptors (Lipinski definition) is 4. The smallest absolute Gasteiger partial charge is 0.260 e. The van der Waals surface area contributed by atoms with Crippen molar-refractivity contribution in [1.82, 2.24) is 4.90 Å². The zero-order chi connectivity index (χ0) is 20.8. The van der Waals surface area contributed by atoms with Gasteiger partial charge in [-0.25, -0.2) is 4.39 Å². The van der Waals surface area contributed by atoms with E-state index >= 15 is 0 Å². The minimum absolute atomic E-state index is 0.271. The maximum Gasteiger partial charge on any atom is 0.260 e. The van der Waals surface area contributed by atoms with Gasteiger partial charge in [-0.15, -0.1) is 0 Å². The van der Waals surface area contributed by atoms with Gasteiger partial charge >= 0.3 is 0 Å². The molecule has 0 spiro atoms. The third-order valence-corrected chi connectivity index (χ3v) is 5.42. The molecule has 0 bridgehead atoms. The number of anilines is 1. The Balaban J connectivity index is 1.76. The summed E-state index contributed by atoms with van der Waals surface area (Å²) in [6, 6.07) is 10.5. The summed E-state index contributed by atoms with van der Waals surface area (Å²) in [6.07, 6.45) is 0. The number of ether oxygens (including phenoxy) is 2. The maximum atomic E-state index is 13.8. The number of carbonyl (C=O) groups is 1. The van der Waals surface area contributed by atoms with Crippen molar-refractivity contribution >= 4 is 22.9 Å². The molecule has 29 heavy (non-hydrogen) atoms. The first-order chi connectivity index (χ1) is 13.8. The van der Waals surface area contributed by atoms with Gasteiger partial charge in [-0.1, -0.05) is 12.1 Å². The van der Waals surface area contributed by atoms with E-state index in [9.17, 15) is 9.18 Å². The van der Waals surface area contributed by atoms with Gasteiger partial charge in [0.1, 0.15) is 17.2 Å². The summed E-state index contributed by atoms with van der Waals surface area (Å²) in [5.41, 5.74) is 4.00. The van der Waals surface area contributed by atoms with Crippen molar-refractivity contribution in [2.24, 2.45) is 0 Å². The number of nitrogens with zero attached hydrogens (tertiary/aromatic N) is 1. The lowest BCUT2D eigenvalue weighted by atomic mass is 9.92. The van der Waals surface area contributed by atoms with Crippen molar-refractivity contribution in [2.45, 2.75) is 26.0 Å². The molecule has 2 aliphatic heterocycles. The fourth-order valence-electron chi connectivity index (χ4n) is 3.94. The van der Waals surface area contributed by atoms with Crippen LogP contribution in [-0.4, -0.2) is 38.1 Å². The number of methoxy groups -OCH3 is 1. The van der Waals surface area contributed by atoms with E-state index in [0.717, 1.165) is 29.8 Å². The van der Waals surface area contributed by atoms with Crippen molar-refractivity contribution in [3.63, 3.8) is 0 Å². The molecule has 0 radical (unpaired) electrons. The lowest BCUT2D eigenvalue weighted by Crippen LogP contribution is -2.22. The van der Waals surface area contributed by atoms with Crippen LogP contribution in [0.1, 0.15) is 36.1 Å². The number of fused-ring (bicyclic) bond motifs is 2. The van der Waals surface area contributed by atoms with Gasteiger partial charge in [0.15, 0.2) is 0 Å². The molecule has 0 unspecified atom stereocenters. The molecule has 0 atom stereocenters. The molecule has 0 saturated carbocycles. The molecule has 2 aromatic rings. The Morgan fingerprint density at radius 3 is 2.72 bits per heavy atom. The van der Waals surface area contributed by atoms with Crippen molar-refractivity contribution in [3.05, 3.63) is 64.5 Å². The molecule has 5 nitrogen and oxygen atoms in total. The van der Waals surface area contributed by atoms with E-state index in [4.69, 9.17) is 9.47 Å². The first kappa shape index (κ1) is 19.6. The molecule has 6 heteroatoms. The molecule has 0 saturated heterocycles. The summed E-state index contributed by atoms with van der Waals surface area (Å²) in [5.74, 6) is -0.149. The van der Waals surface area contributed by atoms with Crippen LogP contribution in [0.4, 0.5) is 10.1 Å². The number of amides is 1. The second kappa shape index (κ2) is 7.28. The normalized spacial score (nSPS) is 19.2. The monoisotopic (exact) mass is 396 g/mol. The first-order valence-electron chi connectivity index (χ1n) is 9.66. The average Bonchev–Trinajstić information content (AvgIpc) is 3.12. The predicted octanol–water partition coefficient (Wildman–Crippen LogP) is 3.99. The van der Waals surface area contributed by atoms with Gasteiger partial charge in [-0.3, -0.25) is 9.69 Å². The van der Waals surface area contributed by atoms with Crippen LogP contribution in [0.25, 0.3) is 11.3 Å². The molecule has 1 N–H and O–H groups in total. The van der Waals surface area contributed by atoms with Gasteiger partial charge < -0.3 is 14.8 Å². The first-order valence-corrected chi connectivity index (χ1v) is 9.66. The van der Waals surface area contributed by atoms with Gasteiger partial charge in [0.2, 0.25) is 0 Å². The summed E-state index contributed by atoms with van der Waals surface area (Å²) in [4.78, 5) is 14.9. The number of benzene rings is 2. The topological polar surface area (TPSA) is 50.8 Å². The van der Waals surface area contributed by atoms with Crippen molar-refractivity contribution in [2.75, 3.05) is 32.6 Å². The van der Waals surface area contributed by atoms with E-state index in [2.05, 4.69) is 23.3 Å². The van der Waals surface area contributed by atoms with E-state index in [1.54, 1.807) is 13.2 Å². The summed E-state index contributed by atoms with van der Waals surface area (Å²) in [6.45, 7) is 6.27. The summed E-state index contributed by atoms with van der Waals surface area (Å²) < 4.78 is 25.2. The highest BCUT2D eigenvalue weighted by atomic mass is 19.1. The molecule has 2 heterocycles. The maximum absolute atomic E-state index is 13.8. The molecule has 2 aromatic carbocycles. The highest BCUT2D eigenvalue weighted by Gasteiger charge is 2.40. The number of hydrogen-bond donors (Lipinski definition) is 1. The van der Waals surface area contributed by atoms with E-state index in [1.165, 1.54) is 12.1 Å². The Hall–Kier alpha value is -2.70. The van der Waals surface area contributed by atoms with Crippen LogP contribution in [-0.2, 0) is 26.4 Å². The Bertz CT molecular complexity index is 1010. The molecular formula is C23H25FN2O3. The van der Waals surface area contributed by atoms with Crippen molar-refractivity contribution in [3.8, 4) is 0 Å². The van der Waals surface area contributed by atoms with Gasteiger partial charge in [0, 0.05) is 42.6 Å². The summed E-state index contributed by atoms with van der Waals surface area (Å²) in [7, 11) is 3.75. The molecule has 2 aliphatic rings. The van der Waals surface area contributed by atoms with Crippen LogP contribution in [0.15, 0.2) is 36.4 Å². The minimum Gasteiger partial charge on any atom is -0.482 e. The number of nitrogens with one attached hydrogen (secondary N) is 1. The van der Waals surface area contributed by atoms with Crippen LogP contribution in [0, 0.1) is 5.82 Å². The number of rotatable bonds is 5. The SMILES string of the molecule is COCCN(C)Cc1ccc2c(c1)C(C)(C)O/C2=C1/C(=O)Nc2ccc(F)cc21. The molecular weight excluding hydrogens is 371 g/mol. The number of carbonyl (C=O) groups excluding carboxylic acids is 1. The summed E-state index contributed by atoms with van der Waals surface area (Å²) >= 11 is 0. The Morgan fingerprint density at radius 2 is 1.97 bits per heavy atom. The second-order valence-corrected chi connectivity index (χ2v) is 8.07. The molecule has 4 rings (SSSR count). The van der Waals surface area contributed by atoms with E-state index in [1.807, 2.05) is 26.0 Å². The molecule has 0 aromatic heterocycles. The van der Waals surface area contributed by atoms with Crippen LogP contribution < -0.4 is 5.32 Å². The lowest BCUT2D eigenvalue weighted by molar-refractivity contribution is -0.110. The Kier molecular flexibility index (Phi) is 4.92. The van der Waals surface area contributed by atoms with Crippen LogP contribution >= 0.6 is 0 Å². The Morgan fingerprint density at radius 1 is 1.17 bits per heavy atom.